The lowest BCUT2D eigenvalue weighted by atomic mass is 10.3. The number of rotatable bonds is 2. The molecule has 0 aliphatic carbocycles. The number of nitrogens with zero attached hydrogens (tertiary/aromatic N) is 2. The maximum absolute atomic E-state index is 12.2. The molecule has 1 fully saturated rings. The van der Waals surface area contributed by atoms with Gasteiger partial charge in [-0.05, 0) is 6.07 Å². The SMILES string of the molecule is O=C1CN(C(=O)Cn2oc3cc(Cl)c(Cl)cc3c2=O)CCN1. The lowest BCUT2D eigenvalue weighted by Gasteiger charge is -2.26. The van der Waals surface area contributed by atoms with Gasteiger partial charge in [0.2, 0.25) is 11.8 Å². The number of carbonyl (C=O) groups excluding carboxylic acids is 2. The molecule has 0 unspecified atom stereocenters. The van der Waals surface area contributed by atoms with Crippen molar-refractivity contribution in [2.45, 2.75) is 6.54 Å². The first-order chi connectivity index (χ1) is 10.5. The Labute approximate surface area is 134 Å². The van der Waals surface area contributed by atoms with Gasteiger partial charge in [0.05, 0.1) is 22.0 Å². The summed E-state index contributed by atoms with van der Waals surface area (Å²) in [6.07, 6.45) is 0. The Kier molecular flexibility index (Phi) is 3.84. The molecule has 1 N–H and O–H groups in total. The number of halogens is 2. The first-order valence-electron chi connectivity index (χ1n) is 6.49. The smallest absolute Gasteiger partial charge is 0.290 e. The normalized spacial score (nSPS) is 15.2. The summed E-state index contributed by atoms with van der Waals surface area (Å²) in [6, 6.07) is 2.83. The number of aromatic nitrogens is 1. The van der Waals surface area contributed by atoms with E-state index in [4.69, 9.17) is 27.7 Å². The van der Waals surface area contributed by atoms with Crippen molar-refractivity contribution in [3.63, 3.8) is 0 Å². The molecule has 0 saturated carbocycles. The lowest BCUT2D eigenvalue weighted by Crippen LogP contribution is -2.51. The van der Waals surface area contributed by atoms with Crippen molar-refractivity contribution in [2.75, 3.05) is 19.6 Å². The summed E-state index contributed by atoms with van der Waals surface area (Å²) >= 11 is 11.7. The zero-order valence-corrected chi connectivity index (χ0v) is 12.8. The van der Waals surface area contributed by atoms with Crippen LogP contribution in [-0.2, 0) is 16.1 Å². The zero-order chi connectivity index (χ0) is 15.9. The molecule has 2 heterocycles. The largest absolute Gasteiger partial charge is 0.375 e. The van der Waals surface area contributed by atoms with Gasteiger partial charge in [0.15, 0.2) is 5.58 Å². The van der Waals surface area contributed by atoms with E-state index in [-0.39, 0.29) is 45.9 Å². The second-order valence-corrected chi connectivity index (χ2v) is 5.68. The number of piperazine rings is 1. The third-order valence-electron chi connectivity index (χ3n) is 3.36. The van der Waals surface area contributed by atoms with Crippen molar-refractivity contribution >= 4 is 46.0 Å². The predicted octanol–water partition coefficient (Wildman–Crippen LogP) is 0.860. The molecule has 0 spiro atoms. The minimum absolute atomic E-state index is 0.0224. The van der Waals surface area contributed by atoms with Crippen LogP contribution in [0.1, 0.15) is 0 Å². The molecule has 2 aromatic rings. The van der Waals surface area contributed by atoms with E-state index in [0.717, 1.165) is 4.74 Å². The Morgan fingerprint density at radius 3 is 2.73 bits per heavy atom. The van der Waals surface area contributed by atoms with Gasteiger partial charge in [0.1, 0.15) is 6.54 Å². The molecule has 3 rings (SSSR count). The maximum atomic E-state index is 12.2. The molecule has 0 atom stereocenters. The zero-order valence-electron chi connectivity index (χ0n) is 11.3. The van der Waals surface area contributed by atoms with Gasteiger partial charge in [-0.1, -0.05) is 23.2 Å². The van der Waals surface area contributed by atoms with Crippen LogP contribution >= 0.6 is 23.2 Å². The molecular weight excluding hydrogens is 333 g/mol. The van der Waals surface area contributed by atoms with E-state index in [9.17, 15) is 14.4 Å². The van der Waals surface area contributed by atoms with Gasteiger partial charge in [-0.25, -0.2) is 0 Å². The Bertz CT molecular complexity index is 827. The predicted molar refractivity (Wildman–Crippen MR) is 80.1 cm³/mol. The summed E-state index contributed by atoms with van der Waals surface area (Å²) in [5.74, 6) is -0.594. The van der Waals surface area contributed by atoms with E-state index in [1.807, 2.05) is 0 Å². The van der Waals surface area contributed by atoms with Crippen LogP contribution in [0, 0.1) is 0 Å². The Morgan fingerprint density at radius 2 is 2.00 bits per heavy atom. The summed E-state index contributed by atoms with van der Waals surface area (Å²) in [4.78, 5) is 37.0. The molecule has 1 aromatic heterocycles. The molecule has 7 nitrogen and oxygen atoms in total. The van der Waals surface area contributed by atoms with Crippen LogP contribution < -0.4 is 10.9 Å². The number of fused-ring (bicyclic) bond motifs is 1. The van der Waals surface area contributed by atoms with Gasteiger partial charge in [0, 0.05) is 19.2 Å². The van der Waals surface area contributed by atoms with Gasteiger partial charge < -0.3 is 14.7 Å². The van der Waals surface area contributed by atoms with E-state index in [0.29, 0.717) is 13.1 Å². The summed E-state index contributed by atoms with van der Waals surface area (Å²) < 4.78 is 6.27. The molecule has 1 aliphatic rings. The molecule has 1 aromatic carbocycles. The molecular formula is C13H11Cl2N3O4. The van der Waals surface area contributed by atoms with Gasteiger partial charge >= 0.3 is 0 Å². The lowest BCUT2D eigenvalue weighted by molar-refractivity contribution is -0.139. The fourth-order valence-corrected chi connectivity index (χ4v) is 2.56. The first-order valence-corrected chi connectivity index (χ1v) is 7.24. The quantitative estimate of drug-likeness (QED) is 0.876. The fourth-order valence-electron chi connectivity index (χ4n) is 2.24. The Balaban J connectivity index is 1.87. The van der Waals surface area contributed by atoms with Crippen molar-refractivity contribution in [2.24, 2.45) is 0 Å². The van der Waals surface area contributed by atoms with Crippen LogP contribution in [0.3, 0.4) is 0 Å². The molecule has 0 bridgehead atoms. The van der Waals surface area contributed by atoms with Crippen molar-refractivity contribution in [3.05, 3.63) is 32.5 Å². The van der Waals surface area contributed by atoms with E-state index in [1.54, 1.807) is 0 Å². The molecule has 2 amide bonds. The highest BCUT2D eigenvalue weighted by Crippen LogP contribution is 2.26. The van der Waals surface area contributed by atoms with Gasteiger partial charge in [-0.3, -0.25) is 14.4 Å². The second-order valence-electron chi connectivity index (χ2n) is 4.86. The number of hydrogen-bond donors (Lipinski definition) is 1. The third kappa shape index (κ3) is 2.69. The van der Waals surface area contributed by atoms with Crippen LogP contribution in [-0.4, -0.2) is 41.1 Å². The molecule has 22 heavy (non-hydrogen) atoms. The molecule has 1 saturated heterocycles. The van der Waals surface area contributed by atoms with Crippen LogP contribution in [0.5, 0.6) is 0 Å². The van der Waals surface area contributed by atoms with Crippen molar-refractivity contribution in [1.82, 2.24) is 15.0 Å². The van der Waals surface area contributed by atoms with Crippen LogP contribution in [0.25, 0.3) is 11.0 Å². The molecule has 9 heteroatoms. The summed E-state index contributed by atoms with van der Waals surface area (Å²) in [5.41, 5.74) is -0.216. The van der Waals surface area contributed by atoms with Crippen molar-refractivity contribution in [3.8, 4) is 0 Å². The van der Waals surface area contributed by atoms with Gasteiger partial charge in [0.25, 0.3) is 5.56 Å². The van der Waals surface area contributed by atoms with E-state index in [2.05, 4.69) is 5.32 Å². The average Bonchev–Trinajstić information content (AvgIpc) is 2.76. The summed E-state index contributed by atoms with van der Waals surface area (Å²) in [7, 11) is 0. The maximum Gasteiger partial charge on any atom is 0.290 e. The van der Waals surface area contributed by atoms with Gasteiger partial charge in [-0.2, -0.15) is 4.74 Å². The molecule has 1 aliphatic heterocycles. The monoisotopic (exact) mass is 343 g/mol. The van der Waals surface area contributed by atoms with E-state index in [1.165, 1.54) is 17.0 Å². The van der Waals surface area contributed by atoms with Crippen LogP contribution in [0.4, 0.5) is 0 Å². The summed E-state index contributed by atoms with van der Waals surface area (Å²) in [6.45, 7) is 0.490. The Hall–Kier alpha value is -1.99. The Morgan fingerprint density at radius 1 is 1.27 bits per heavy atom. The standard InChI is InChI=1S/C13H11Cl2N3O4/c14-8-3-7-10(4-9(8)15)22-18(13(7)21)6-12(20)17-2-1-16-11(19)5-17/h3-4H,1-2,5-6H2,(H,16,19). The number of benzene rings is 1. The summed E-state index contributed by atoms with van der Waals surface area (Å²) in [5, 5.41) is 3.36. The molecule has 0 radical (unpaired) electrons. The van der Waals surface area contributed by atoms with E-state index >= 15 is 0 Å². The highest BCUT2D eigenvalue weighted by atomic mass is 35.5. The third-order valence-corrected chi connectivity index (χ3v) is 4.08. The minimum atomic E-state index is -0.469. The van der Waals surface area contributed by atoms with Crippen molar-refractivity contribution in [1.29, 1.82) is 0 Å². The fraction of sp³-hybridized carbons (Fsp3) is 0.308. The number of hydrogen-bond acceptors (Lipinski definition) is 4. The average molecular weight is 344 g/mol. The van der Waals surface area contributed by atoms with Crippen LogP contribution in [0.2, 0.25) is 10.0 Å². The minimum Gasteiger partial charge on any atom is -0.375 e. The second kappa shape index (κ2) is 5.66. The first kappa shape index (κ1) is 14.9. The van der Waals surface area contributed by atoms with Gasteiger partial charge in [-0.15, -0.1) is 0 Å². The van der Waals surface area contributed by atoms with Crippen LogP contribution in [0.15, 0.2) is 21.5 Å². The number of amides is 2. The molecule has 116 valence electrons. The highest BCUT2D eigenvalue weighted by Gasteiger charge is 2.23. The number of carbonyl (C=O) groups is 2. The van der Waals surface area contributed by atoms with E-state index < -0.39 is 5.56 Å². The topological polar surface area (TPSA) is 84.6 Å². The highest BCUT2D eigenvalue weighted by molar-refractivity contribution is 6.42. The number of nitrogens with one attached hydrogen (secondary N) is 1. The van der Waals surface area contributed by atoms with Crippen molar-refractivity contribution < 1.29 is 14.1 Å².